The number of rotatable bonds is 4. The van der Waals surface area contributed by atoms with Gasteiger partial charge in [0.2, 0.25) is 0 Å². The maximum Gasteiger partial charge on any atom is 0.310 e. The zero-order valence-electron chi connectivity index (χ0n) is 25.5. The molecule has 0 bridgehead atoms. The lowest BCUT2D eigenvalue weighted by atomic mass is 9.33. The van der Waals surface area contributed by atoms with Gasteiger partial charge in [0.1, 0.15) is 6.10 Å². The standard InChI is InChI=1S/C34H54O4/c1-9-10-27(35)38-26-14-15-31(6)24(30(26,4)5)13-16-33(8)25(31)12-11-22-23-21-29(2,3)17-19-34(23,28(36)37)20-18-32(22,33)7/h11,23-26H,9-10,12-21H2,1-8H3,(H,36,37)/t23?,24?,25?,26?,31-,32+,33+,34-/m0/s1. The molecule has 0 aromatic rings. The summed E-state index contributed by atoms with van der Waals surface area (Å²) in [7, 11) is 0. The number of hydrogen-bond acceptors (Lipinski definition) is 3. The number of carboxylic acids is 1. The van der Waals surface area contributed by atoms with Gasteiger partial charge in [-0.05, 0) is 110 Å². The smallest absolute Gasteiger partial charge is 0.310 e. The van der Waals surface area contributed by atoms with Crippen LogP contribution in [0.5, 0.6) is 0 Å². The summed E-state index contributed by atoms with van der Waals surface area (Å²) in [6, 6.07) is 0. The highest BCUT2D eigenvalue weighted by molar-refractivity contribution is 5.76. The highest BCUT2D eigenvalue weighted by Crippen LogP contribution is 2.75. The first-order valence-electron chi connectivity index (χ1n) is 15.7. The molecule has 0 radical (unpaired) electrons. The van der Waals surface area contributed by atoms with E-state index in [9.17, 15) is 14.7 Å². The predicted molar refractivity (Wildman–Crippen MR) is 151 cm³/mol. The molecular weight excluding hydrogens is 472 g/mol. The monoisotopic (exact) mass is 526 g/mol. The minimum Gasteiger partial charge on any atom is -0.481 e. The second kappa shape index (κ2) is 8.84. The van der Waals surface area contributed by atoms with Crippen molar-refractivity contribution in [3.05, 3.63) is 11.6 Å². The van der Waals surface area contributed by atoms with Crippen molar-refractivity contribution in [2.24, 2.45) is 50.2 Å². The molecule has 0 saturated heterocycles. The van der Waals surface area contributed by atoms with E-state index in [4.69, 9.17) is 4.74 Å². The van der Waals surface area contributed by atoms with Gasteiger partial charge in [0.15, 0.2) is 0 Å². The second-order valence-electron chi connectivity index (χ2n) is 16.3. The van der Waals surface area contributed by atoms with Gasteiger partial charge in [0, 0.05) is 11.8 Å². The van der Waals surface area contributed by atoms with Crippen molar-refractivity contribution in [2.45, 2.75) is 139 Å². The van der Waals surface area contributed by atoms with Crippen molar-refractivity contribution in [1.29, 1.82) is 0 Å². The van der Waals surface area contributed by atoms with Gasteiger partial charge in [0.05, 0.1) is 5.41 Å². The SMILES string of the molecule is CCCC(=O)OC1CC[C@@]2(C)C(CC[C@]3(C)C2CC=C2C4CC(C)(C)CC[C@]4(C(=O)O)CC[C@]23C)C1(C)C. The minimum absolute atomic E-state index is 0.00425. The molecule has 0 heterocycles. The molecule has 4 nitrogen and oxygen atoms in total. The van der Waals surface area contributed by atoms with Gasteiger partial charge in [-0.1, -0.05) is 67.0 Å². The summed E-state index contributed by atoms with van der Waals surface area (Å²) in [6.07, 6.45) is 14.0. The van der Waals surface area contributed by atoms with Crippen LogP contribution < -0.4 is 0 Å². The van der Waals surface area contributed by atoms with E-state index >= 15 is 0 Å². The molecule has 4 fully saturated rings. The molecule has 0 aliphatic heterocycles. The van der Waals surface area contributed by atoms with E-state index in [1.54, 1.807) is 0 Å². The van der Waals surface area contributed by atoms with Gasteiger partial charge < -0.3 is 9.84 Å². The zero-order valence-corrected chi connectivity index (χ0v) is 25.5. The Morgan fingerprint density at radius 1 is 0.921 bits per heavy atom. The number of hydrogen-bond donors (Lipinski definition) is 1. The first-order chi connectivity index (χ1) is 17.6. The quantitative estimate of drug-likeness (QED) is 0.294. The van der Waals surface area contributed by atoms with Crippen molar-refractivity contribution in [3.8, 4) is 0 Å². The highest BCUT2D eigenvalue weighted by Gasteiger charge is 2.69. The van der Waals surface area contributed by atoms with Crippen LogP contribution in [-0.2, 0) is 14.3 Å². The van der Waals surface area contributed by atoms with Crippen LogP contribution in [0.1, 0.15) is 132 Å². The normalized spacial score (nSPS) is 46.9. The lowest BCUT2D eigenvalue weighted by Gasteiger charge is -2.71. The Balaban J connectivity index is 1.51. The molecule has 5 aliphatic rings. The average molecular weight is 527 g/mol. The summed E-state index contributed by atoms with van der Waals surface area (Å²) < 4.78 is 6.11. The number of fused-ring (bicyclic) bond motifs is 7. The molecule has 8 atom stereocenters. The number of carboxylic acid groups (broad SMARTS) is 1. The molecule has 0 amide bonds. The van der Waals surface area contributed by atoms with Crippen molar-refractivity contribution < 1.29 is 19.4 Å². The third-order valence-corrected chi connectivity index (χ3v) is 13.7. The minimum atomic E-state index is -0.576. The zero-order chi connectivity index (χ0) is 27.9. The number of ether oxygens (including phenoxy) is 1. The van der Waals surface area contributed by atoms with Crippen LogP contribution in [0.3, 0.4) is 0 Å². The Kier molecular flexibility index (Phi) is 6.56. The van der Waals surface area contributed by atoms with E-state index in [2.05, 4.69) is 54.5 Å². The van der Waals surface area contributed by atoms with Gasteiger partial charge in [0.25, 0.3) is 0 Å². The van der Waals surface area contributed by atoms with Crippen LogP contribution in [0.15, 0.2) is 11.6 Å². The number of esters is 1. The molecule has 0 aromatic carbocycles. The molecule has 4 heteroatoms. The van der Waals surface area contributed by atoms with Gasteiger partial charge in [-0.15, -0.1) is 0 Å². The van der Waals surface area contributed by atoms with E-state index in [1.807, 2.05) is 6.92 Å². The maximum atomic E-state index is 12.9. The van der Waals surface area contributed by atoms with Crippen LogP contribution in [0, 0.1) is 50.2 Å². The van der Waals surface area contributed by atoms with Crippen LogP contribution in [0.2, 0.25) is 0 Å². The van der Waals surface area contributed by atoms with Crippen molar-refractivity contribution in [2.75, 3.05) is 0 Å². The van der Waals surface area contributed by atoms with E-state index in [1.165, 1.54) is 18.4 Å². The summed E-state index contributed by atoms with van der Waals surface area (Å²) in [5.74, 6) is 0.669. The Morgan fingerprint density at radius 3 is 2.26 bits per heavy atom. The fourth-order valence-corrected chi connectivity index (χ4v) is 11.2. The summed E-state index contributed by atoms with van der Waals surface area (Å²) in [5.41, 5.74) is 1.49. The van der Waals surface area contributed by atoms with Gasteiger partial charge in [-0.2, -0.15) is 0 Å². The Bertz CT molecular complexity index is 1020. The van der Waals surface area contributed by atoms with E-state index in [0.717, 1.165) is 57.8 Å². The Morgan fingerprint density at radius 2 is 1.61 bits per heavy atom. The van der Waals surface area contributed by atoms with E-state index < -0.39 is 11.4 Å². The van der Waals surface area contributed by atoms with Gasteiger partial charge in [-0.3, -0.25) is 9.59 Å². The average Bonchev–Trinajstić information content (AvgIpc) is 2.81. The van der Waals surface area contributed by atoms with Crippen LogP contribution >= 0.6 is 0 Å². The second-order valence-corrected chi connectivity index (χ2v) is 16.3. The molecule has 1 N–H and O–H groups in total. The third kappa shape index (κ3) is 3.73. The molecule has 38 heavy (non-hydrogen) atoms. The first kappa shape index (κ1) is 28.2. The molecular formula is C34H54O4. The Hall–Kier alpha value is -1.32. The van der Waals surface area contributed by atoms with Crippen LogP contribution in [-0.4, -0.2) is 23.1 Å². The lowest BCUT2D eigenvalue weighted by molar-refractivity contribution is -0.213. The summed E-state index contributed by atoms with van der Waals surface area (Å²) in [4.78, 5) is 25.3. The number of allylic oxidation sites excluding steroid dienone is 2. The largest absolute Gasteiger partial charge is 0.481 e. The van der Waals surface area contributed by atoms with E-state index in [-0.39, 0.29) is 45.1 Å². The van der Waals surface area contributed by atoms with Crippen molar-refractivity contribution in [1.82, 2.24) is 0 Å². The van der Waals surface area contributed by atoms with Crippen molar-refractivity contribution >= 4 is 11.9 Å². The summed E-state index contributed by atoms with van der Waals surface area (Å²) >= 11 is 0. The van der Waals surface area contributed by atoms with Crippen LogP contribution in [0.25, 0.3) is 0 Å². The number of carbonyl (C=O) groups excluding carboxylic acids is 1. The predicted octanol–water partition coefficient (Wildman–Crippen LogP) is 8.58. The highest BCUT2D eigenvalue weighted by atomic mass is 16.5. The Labute approximate surface area is 231 Å². The first-order valence-corrected chi connectivity index (χ1v) is 15.7. The molecule has 4 saturated carbocycles. The molecule has 0 spiro atoms. The summed E-state index contributed by atoms with van der Waals surface area (Å²) in [5, 5.41) is 10.6. The summed E-state index contributed by atoms with van der Waals surface area (Å²) in [6.45, 7) is 19.1. The molecule has 0 aromatic heterocycles. The fourth-order valence-electron chi connectivity index (χ4n) is 11.2. The van der Waals surface area contributed by atoms with Crippen molar-refractivity contribution in [3.63, 3.8) is 0 Å². The van der Waals surface area contributed by atoms with Crippen LogP contribution in [0.4, 0.5) is 0 Å². The maximum absolute atomic E-state index is 12.9. The number of aliphatic carboxylic acids is 1. The number of carbonyl (C=O) groups is 2. The van der Waals surface area contributed by atoms with Gasteiger partial charge in [-0.25, -0.2) is 0 Å². The fraction of sp³-hybridized carbons (Fsp3) is 0.882. The molecule has 5 rings (SSSR count). The molecule has 4 unspecified atom stereocenters. The molecule has 214 valence electrons. The van der Waals surface area contributed by atoms with Gasteiger partial charge >= 0.3 is 11.9 Å². The lowest BCUT2D eigenvalue weighted by Crippen LogP contribution is -2.65. The molecule has 5 aliphatic carbocycles. The third-order valence-electron chi connectivity index (χ3n) is 13.7. The topological polar surface area (TPSA) is 63.6 Å². The van der Waals surface area contributed by atoms with E-state index in [0.29, 0.717) is 18.3 Å².